The second-order valence-electron chi connectivity index (χ2n) is 6.64. The number of pyridine rings is 1. The normalized spacial score (nSPS) is 17.9. The highest BCUT2D eigenvalue weighted by molar-refractivity contribution is 9.10. The Hall–Kier alpha value is -2.35. The molecule has 1 aliphatic rings. The number of piperidine rings is 1. The molecular weight excluding hydrogens is 398 g/mol. The Morgan fingerprint density at radius 3 is 2.96 bits per heavy atom. The number of imidazole rings is 1. The summed E-state index contributed by atoms with van der Waals surface area (Å²) in [6.07, 6.45) is 0.889. The Kier molecular flexibility index (Phi) is 4.22. The van der Waals surface area contributed by atoms with Crippen LogP contribution in [0.25, 0.3) is 21.9 Å². The number of aryl methyl sites for hydroxylation is 1. The summed E-state index contributed by atoms with van der Waals surface area (Å²) in [6, 6.07) is 5.96. The molecule has 4 rings (SSSR count). The fraction of sp³-hybridized carbons (Fsp3) is 0.389. The molecule has 0 spiro atoms. The van der Waals surface area contributed by atoms with Crippen LogP contribution in [0, 0.1) is 0 Å². The van der Waals surface area contributed by atoms with E-state index >= 15 is 0 Å². The zero-order chi connectivity index (χ0) is 18.4. The first-order valence-electron chi connectivity index (χ1n) is 8.72. The summed E-state index contributed by atoms with van der Waals surface area (Å²) in [5.74, 6) is 1.37. The van der Waals surface area contributed by atoms with Gasteiger partial charge in [0.1, 0.15) is 11.3 Å². The van der Waals surface area contributed by atoms with E-state index in [0.29, 0.717) is 24.4 Å². The number of aromatic nitrogens is 3. The number of nitrogens with zero attached hydrogens (tertiary/aromatic N) is 4. The van der Waals surface area contributed by atoms with Crippen molar-refractivity contribution in [1.82, 2.24) is 19.4 Å². The Morgan fingerprint density at radius 1 is 1.42 bits per heavy atom. The number of halogens is 1. The van der Waals surface area contributed by atoms with Gasteiger partial charge in [-0.15, -0.1) is 0 Å². The third-order valence-corrected chi connectivity index (χ3v) is 5.56. The number of fused-ring (bicyclic) bond motifs is 3. The number of benzene rings is 1. The highest BCUT2D eigenvalue weighted by Gasteiger charge is 2.29. The van der Waals surface area contributed by atoms with E-state index in [9.17, 15) is 9.90 Å². The number of hydrogen-bond acceptors (Lipinski definition) is 4. The Morgan fingerprint density at radius 2 is 2.23 bits per heavy atom. The molecule has 8 heteroatoms. The van der Waals surface area contributed by atoms with Crippen molar-refractivity contribution in [3.63, 3.8) is 0 Å². The van der Waals surface area contributed by atoms with Crippen LogP contribution in [-0.4, -0.2) is 43.7 Å². The summed E-state index contributed by atoms with van der Waals surface area (Å²) in [7, 11) is 0. The molecule has 26 heavy (non-hydrogen) atoms. The minimum absolute atomic E-state index is 0.0668. The van der Waals surface area contributed by atoms with Crippen molar-refractivity contribution in [2.24, 2.45) is 0 Å². The minimum Gasteiger partial charge on any atom is -0.465 e. The molecule has 7 nitrogen and oxygen atoms in total. The number of nitrogens with two attached hydrogens (primary N) is 1. The predicted molar refractivity (Wildman–Crippen MR) is 104 cm³/mol. The molecule has 1 atom stereocenters. The summed E-state index contributed by atoms with van der Waals surface area (Å²) >= 11 is 3.48. The van der Waals surface area contributed by atoms with E-state index in [-0.39, 0.29) is 5.92 Å². The Balaban J connectivity index is 1.92. The van der Waals surface area contributed by atoms with Gasteiger partial charge in [0.15, 0.2) is 5.82 Å². The van der Waals surface area contributed by atoms with Crippen LogP contribution in [0.15, 0.2) is 22.7 Å². The summed E-state index contributed by atoms with van der Waals surface area (Å²) < 4.78 is 3.11. The fourth-order valence-corrected chi connectivity index (χ4v) is 4.24. The average Bonchev–Trinajstić information content (AvgIpc) is 3.02. The van der Waals surface area contributed by atoms with Crippen LogP contribution in [0.4, 0.5) is 10.6 Å². The van der Waals surface area contributed by atoms with Crippen LogP contribution in [0.1, 0.15) is 31.5 Å². The summed E-state index contributed by atoms with van der Waals surface area (Å²) in [6.45, 7) is 3.86. The van der Waals surface area contributed by atoms with Crippen molar-refractivity contribution >= 4 is 49.8 Å². The van der Waals surface area contributed by atoms with Crippen LogP contribution in [0.2, 0.25) is 0 Å². The molecule has 0 saturated carbocycles. The van der Waals surface area contributed by atoms with E-state index in [4.69, 9.17) is 10.7 Å². The van der Waals surface area contributed by atoms with Crippen molar-refractivity contribution in [3.8, 4) is 0 Å². The number of likely N-dealkylation sites (tertiary alicyclic amines) is 1. The van der Waals surface area contributed by atoms with Crippen LogP contribution in [0.3, 0.4) is 0 Å². The number of nitrogen functional groups attached to an aromatic ring is 1. The first-order valence-corrected chi connectivity index (χ1v) is 9.51. The largest absolute Gasteiger partial charge is 0.465 e. The molecule has 3 aromatic rings. The topological polar surface area (TPSA) is 97.3 Å². The number of amides is 1. The van der Waals surface area contributed by atoms with Crippen molar-refractivity contribution < 1.29 is 9.90 Å². The maximum absolute atomic E-state index is 11.4. The molecule has 0 bridgehead atoms. The highest BCUT2D eigenvalue weighted by Crippen LogP contribution is 2.34. The molecule has 1 saturated heterocycles. The van der Waals surface area contributed by atoms with E-state index in [0.717, 1.165) is 46.1 Å². The predicted octanol–water partition coefficient (Wildman–Crippen LogP) is 3.81. The molecule has 1 amide bonds. The van der Waals surface area contributed by atoms with Crippen molar-refractivity contribution in [1.29, 1.82) is 0 Å². The van der Waals surface area contributed by atoms with Crippen LogP contribution >= 0.6 is 15.9 Å². The smallest absolute Gasteiger partial charge is 0.407 e. The monoisotopic (exact) mass is 417 g/mol. The summed E-state index contributed by atoms with van der Waals surface area (Å²) in [5, 5.41) is 10.3. The van der Waals surface area contributed by atoms with Gasteiger partial charge >= 0.3 is 6.09 Å². The van der Waals surface area contributed by atoms with Gasteiger partial charge in [0.2, 0.25) is 0 Å². The van der Waals surface area contributed by atoms with E-state index < -0.39 is 6.09 Å². The second kappa shape index (κ2) is 6.42. The average molecular weight is 418 g/mol. The lowest BCUT2D eigenvalue weighted by atomic mass is 9.97. The first kappa shape index (κ1) is 17.1. The van der Waals surface area contributed by atoms with E-state index in [1.807, 2.05) is 18.2 Å². The number of carboxylic acid groups (broad SMARTS) is 1. The lowest BCUT2D eigenvalue weighted by Crippen LogP contribution is -2.38. The standard InChI is InChI=1S/C18H20BrN5O2/c1-2-24-15-12-6-5-11(19)8-13(12)21-16(20)14(15)22-17(24)10-4-3-7-23(9-10)18(25)26/h5-6,8,10H,2-4,7,9H2,1H3,(H2,20,21)(H,25,26)/t10-/m0/s1. The van der Waals surface area contributed by atoms with Crippen LogP contribution in [-0.2, 0) is 6.54 Å². The van der Waals surface area contributed by atoms with Gasteiger partial charge in [-0.1, -0.05) is 15.9 Å². The molecule has 0 aliphatic carbocycles. The maximum atomic E-state index is 11.4. The van der Waals surface area contributed by atoms with Gasteiger partial charge in [0, 0.05) is 35.4 Å². The molecule has 0 unspecified atom stereocenters. The molecule has 1 fully saturated rings. The van der Waals surface area contributed by atoms with Crippen LogP contribution in [0.5, 0.6) is 0 Å². The third kappa shape index (κ3) is 2.68. The lowest BCUT2D eigenvalue weighted by Gasteiger charge is -2.30. The molecule has 2 aromatic heterocycles. The summed E-state index contributed by atoms with van der Waals surface area (Å²) in [5.41, 5.74) is 8.70. The quantitative estimate of drug-likeness (QED) is 0.660. The number of anilines is 1. The van der Waals surface area contributed by atoms with Gasteiger partial charge in [-0.3, -0.25) is 0 Å². The van der Waals surface area contributed by atoms with Gasteiger partial charge in [0.25, 0.3) is 0 Å². The number of hydrogen-bond donors (Lipinski definition) is 2. The second-order valence-corrected chi connectivity index (χ2v) is 7.55. The van der Waals surface area contributed by atoms with Gasteiger partial charge in [-0.2, -0.15) is 0 Å². The SMILES string of the molecule is CCn1c([C@H]2CCCN(C(=O)O)C2)nc2c(N)nc3cc(Br)ccc3c21. The van der Waals surface area contributed by atoms with Crippen molar-refractivity contribution in [2.75, 3.05) is 18.8 Å². The third-order valence-electron chi connectivity index (χ3n) is 5.07. The Labute approximate surface area is 158 Å². The molecule has 3 heterocycles. The summed E-state index contributed by atoms with van der Waals surface area (Å²) in [4.78, 5) is 22.2. The van der Waals surface area contributed by atoms with Gasteiger partial charge in [-0.05, 0) is 38.0 Å². The minimum atomic E-state index is -0.870. The number of rotatable bonds is 2. The lowest BCUT2D eigenvalue weighted by molar-refractivity contribution is 0.129. The Bertz CT molecular complexity index is 1020. The van der Waals surface area contributed by atoms with Gasteiger partial charge < -0.3 is 20.3 Å². The zero-order valence-electron chi connectivity index (χ0n) is 14.4. The molecular formula is C18H20BrN5O2. The molecule has 3 N–H and O–H groups in total. The molecule has 136 valence electrons. The number of carbonyl (C=O) groups is 1. The van der Waals surface area contributed by atoms with Crippen molar-refractivity contribution in [3.05, 3.63) is 28.5 Å². The van der Waals surface area contributed by atoms with Crippen LogP contribution < -0.4 is 5.73 Å². The molecule has 1 aromatic carbocycles. The van der Waals surface area contributed by atoms with E-state index in [2.05, 4.69) is 32.4 Å². The van der Waals surface area contributed by atoms with E-state index in [1.165, 1.54) is 4.90 Å². The van der Waals surface area contributed by atoms with Gasteiger partial charge in [-0.25, -0.2) is 14.8 Å². The molecule has 0 radical (unpaired) electrons. The fourth-order valence-electron chi connectivity index (χ4n) is 3.90. The van der Waals surface area contributed by atoms with Gasteiger partial charge in [0.05, 0.1) is 11.0 Å². The highest BCUT2D eigenvalue weighted by atomic mass is 79.9. The first-order chi connectivity index (χ1) is 12.5. The maximum Gasteiger partial charge on any atom is 0.407 e. The molecule has 1 aliphatic heterocycles. The zero-order valence-corrected chi connectivity index (χ0v) is 16.0. The van der Waals surface area contributed by atoms with E-state index in [1.54, 1.807) is 0 Å². The van der Waals surface area contributed by atoms with Crippen molar-refractivity contribution in [2.45, 2.75) is 32.2 Å².